The van der Waals surface area contributed by atoms with Gasteiger partial charge in [0.1, 0.15) is 18.8 Å². The molecule has 1 aliphatic heterocycles. The van der Waals surface area contributed by atoms with Crippen molar-refractivity contribution in [3.63, 3.8) is 0 Å². The summed E-state index contributed by atoms with van der Waals surface area (Å²) in [5.74, 6) is -2.98. The van der Waals surface area contributed by atoms with E-state index >= 15 is 0 Å². The third-order valence-corrected chi connectivity index (χ3v) is 6.18. The maximum atomic E-state index is 13.7. The third kappa shape index (κ3) is 3.71. The molecule has 0 aliphatic carbocycles. The van der Waals surface area contributed by atoms with E-state index in [0.717, 1.165) is 23.1 Å². The number of hydrogen-bond acceptors (Lipinski definition) is 5. The second-order valence-corrected chi connectivity index (χ2v) is 8.33. The van der Waals surface area contributed by atoms with Gasteiger partial charge in [-0.1, -0.05) is 30.1 Å². The van der Waals surface area contributed by atoms with Gasteiger partial charge in [0.2, 0.25) is 0 Å². The Labute approximate surface area is 196 Å². The van der Waals surface area contributed by atoms with Crippen LogP contribution in [0.2, 0.25) is 10.0 Å². The van der Waals surface area contributed by atoms with Gasteiger partial charge in [-0.15, -0.1) is 0 Å². The monoisotopic (exact) mass is 499 g/mol. The third-order valence-electron chi connectivity index (χ3n) is 5.64. The molecule has 7 nitrogen and oxygen atoms in total. The fraction of sp³-hybridized carbons (Fsp3) is 0.286. The van der Waals surface area contributed by atoms with Crippen LogP contribution in [0.25, 0.3) is 0 Å². The Kier molecular flexibility index (Phi) is 5.80. The summed E-state index contributed by atoms with van der Waals surface area (Å²) in [5, 5.41) is 16.5. The highest BCUT2D eigenvalue weighted by Crippen LogP contribution is 2.47. The highest BCUT2D eigenvalue weighted by Gasteiger charge is 2.53. The molecule has 0 bridgehead atoms. The first-order valence-corrected chi connectivity index (χ1v) is 10.6. The molecular formula is C21H18Cl2F3N5O2. The van der Waals surface area contributed by atoms with Gasteiger partial charge in [0.25, 0.3) is 11.8 Å². The van der Waals surface area contributed by atoms with Gasteiger partial charge < -0.3 is 10.0 Å². The number of aliphatic hydroxyl groups is 1. The largest absolute Gasteiger partial charge is 0.416 e. The van der Waals surface area contributed by atoms with Gasteiger partial charge in [0.05, 0.1) is 21.8 Å². The number of nitrogens with zero attached hydrogens (tertiary/aromatic N) is 5. The smallest absolute Gasteiger partial charge is 0.350 e. The highest BCUT2D eigenvalue weighted by molar-refractivity contribution is 6.35. The Morgan fingerprint density at radius 3 is 2.48 bits per heavy atom. The number of fused-ring (bicyclic) bond motifs is 1. The lowest BCUT2D eigenvalue weighted by atomic mass is 9.96. The Bertz CT molecular complexity index is 1210. The number of carbonyl (C=O) groups is 1. The summed E-state index contributed by atoms with van der Waals surface area (Å²) in [6.07, 6.45) is -2.52. The highest BCUT2D eigenvalue weighted by atomic mass is 35.5. The van der Waals surface area contributed by atoms with Gasteiger partial charge in [-0.2, -0.15) is 18.3 Å². The second-order valence-electron chi connectivity index (χ2n) is 7.49. The van der Waals surface area contributed by atoms with Crippen molar-refractivity contribution in [2.24, 2.45) is 0 Å². The van der Waals surface area contributed by atoms with Gasteiger partial charge >= 0.3 is 6.18 Å². The predicted octanol–water partition coefficient (Wildman–Crippen LogP) is 4.91. The van der Waals surface area contributed by atoms with Crippen LogP contribution in [0.3, 0.4) is 0 Å². The van der Waals surface area contributed by atoms with Gasteiger partial charge in [-0.25, -0.2) is 9.67 Å². The molecule has 2 atom stereocenters. The molecule has 1 amide bonds. The summed E-state index contributed by atoms with van der Waals surface area (Å²) in [7, 11) is 1.39. The van der Waals surface area contributed by atoms with Crippen LogP contribution in [0.5, 0.6) is 0 Å². The second kappa shape index (κ2) is 8.19. The molecule has 0 saturated carbocycles. The summed E-state index contributed by atoms with van der Waals surface area (Å²) in [5.41, 5.74) is -1.01. The molecule has 4 rings (SSSR count). The first-order chi connectivity index (χ1) is 15.5. The fourth-order valence-electron chi connectivity index (χ4n) is 4.04. The van der Waals surface area contributed by atoms with E-state index in [4.69, 9.17) is 23.2 Å². The molecule has 0 fully saturated rings. The van der Waals surface area contributed by atoms with E-state index in [1.165, 1.54) is 47.5 Å². The van der Waals surface area contributed by atoms with Crippen LogP contribution in [0.4, 0.5) is 18.9 Å². The average Bonchev–Trinajstić information content (AvgIpc) is 3.28. The lowest BCUT2D eigenvalue weighted by Crippen LogP contribution is -2.64. The summed E-state index contributed by atoms with van der Waals surface area (Å²) in [4.78, 5) is 19.9. The molecule has 2 aromatic carbocycles. The van der Waals surface area contributed by atoms with E-state index in [1.54, 1.807) is 6.92 Å². The van der Waals surface area contributed by atoms with Crippen LogP contribution >= 0.6 is 23.2 Å². The minimum atomic E-state index is -4.64. The van der Waals surface area contributed by atoms with Crippen molar-refractivity contribution in [3.8, 4) is 0 Å². The number of carbonyl (C=O) groups excluding carboxylic acids is 1. The van der Waals surface area contributed by atoms with Crippen LogP contribution in [0.15, 0.2) is 49.1 Å². The van der Waals surface area contributed by atoms with E-state index in [0.29, 0.717) is 6.42 Å². The molecule has 0 spiro atoms. The lowest BCUT2D eigenvalue weighted by Gasteiger charge is -2.52. The summed E-state index contributed by atoms with van der Waals surface area (Å²) in [6.45, 7) is 1.77. The van der Waals surface area contributed by atoms with E-state index in [1.807, 2.05) is 0 Å². The minimum absolute atomic E-state index is 0.0150. The van der Waals surface area contributed by atoms with E-state index in [2.05, 4.69) is 10.1 Å². The lowest BCUT2D eigenvalue weighted by molar-refractivity contribution is -0.138. The molecule has 3 aromatic rings. The fourth-order valence-corrected chi connectivity index (χ4v) is 4.58. The molecule has 0 radical (unpaired) electrons. The molecule has 12 heteroatoms. The Hall–Kier alpha value is -2.82. The zero-order valence-corrected chi connectivity index (χ0v) is 18.9. The van der Waals surface area contributed by atoms with Gasteiger partial charge in [0.15, 0.2) is 0 Å². The molecule has 0 saturated heterocycles. The van der Waals surface area contributed by atoms with Crippen LogP contribution in [0, 0.1) is 0 Å². The summed E-state index contributed by atoms with van der Waals surface area (Å²) in [6, 6.07) is 7.03. The molecule has 1 aliphatic rings. The van der Waals surface area contributed by atoms with Crippen molar-refractivity contribution < 1.29 is 23.1 Å². The van der Waals surface area contributed by atoms with Crippen molar-refractivity contribution in [3.05, 3.63) is 75.8 Å². The summed E-state index contributed by atoms with van der Waals surface area (Å²) >= 11 is 12.4. The quantitative estimate of drug-likeness (QED) is 0.552. The number of halogens is 5. The van der Waals surface area contributed by atoms with Crippen molar-refractivity contribution >= 4 is 34.8 Å². The average molecular weight is 500 g/mol. The van der Waals surface area contributed by atoms with Crippen LogP contribution in [0.1, 0.15) is 41.0 Å². The topological polar surface area (TPSA) is 74.5 Å². The zero-order valence-electron chi connectivity index (χ0n) is 17.4. The standard InChI is InChI=1S/C21H18Cl2F3N5O2/c1-3-18(30-11-27-10-28-30)31-19(32)14-6-4-12(20(24,25)26)8-17(14)29(2)21(31,33)15-7-5-13(22)9-16(15)23/h4-11,18,33H,3H2,1-2H3. The molecular weight excluding hydrogens is 482 g/mol. The molecule has 1 N–H and O–H groups in total. The van der Waals surface area contributed by atoms with Crippen molar-refractivity contribution in [2.75, 3.05) is 11.9 Å². The molecule has 174 valence electrons. The number of anilines is 1. The summed E-state index contributed by atoms with van der Waals surface area (Å²) < 4.78 is 41.6. The maximum Gasteiger partial charge on any atom is 0.416 e. The minimum Gasteiger partial charge on any atom is -0.350 e. The van der Waals surface area contributed by atoms with Crippen LogP contribution in [-0.2, 0) is 12.0 Å². The number of benzene rings is 2. The molecule has 2 unspecified atom stereocenters. The Morgan fingerprint density at radius 1 is 1.18 bits per heavy atom. The first-order valence-electron chi connectivity index (χ1n) is 9.80. The van der Waals surface area contributed by atoms with E-state index in [-0.39, 0.29) is 26.9 Å². The van der Waals surface area contributed by atoms with Gasteiger partial charge in [0, 0.05) is 17.6 Å². The number of hydrogen-bond donors (Lipinski definition) is 1. The Morgan fingerprint density at radius 2 is 1.91 bits per heavy atom. The van der Waals surface area contributed by atoms with Gasteiger partial charge in [-0.3, -0.25) is 9.69 Å². The van der Waals surface area contributed by atoms with E-state index in [9.17, 15) is 23.1 Å². The SMILES string of the molecule is CCC(N1C(=O)c2ccc(C(F)(F)F)cc2N(C)C1(O)c1ccc(Cl)cc1Cl)n1cncn1. The number of alkyl halides is 3. The molecule has 2 heterocycles. The normalized spacial score (nSPS) is 19.6. The molecule has 33 heavy (non-hydrogen) atoms. The first kappa shape index (κ1) is 23.3. The van der Waals surface area contributed by atoms with Crippen molar-refractivity contribution in [1.82, 2.24) is 19.7 Å². The van der Waals surface area contributed by atoms with Crippen LogP contribution < -0.4 is 4.90 Å². The predicted molar refractivity (Wildman–Crippen MR) is 116 cm³/mol. The zero-order chi connectivity index (χ0) is 24.1. The van der Waals surface area contributed by atoms with Crippen LogP contribution in [-0.4, -0.2) is 37.7 Å². The Balaban J connectivity index is 2.00. The van der Waals surface area contributed by atoms with Crippen molar-refractivity contribution in [1.29, 1.82) is 0 Å². The van der Waals surface area contributed by atoms with E-state index < -0.39 is 29.7 Å². The number of aromatic nitrogens is 3. The maximum absolute atomic E-state index is 13.7. The molecule has 1 aromatic heterocycles. The number of rotatable bonds is 4. The van der Waals surface area contributed by atoms with Crippen molar-refractivity contribution in [2.45, 2.75) is 31.5 Å². The number of amides is 1. The van der Waals surface area contributed by atoms with Gasteiger partial charge in [-0.05, 0) is 42.8 Å².